The van der Waals surface area contributed by atoms with Crippen molar-refractivity contribution < 1.29 is 14.0 Å². The van der Waals surface area contributed by atoms with Crippen molar-refractivity contribution in [3.63, 3.8) is 0 Å². The van der Waals surface area contributed by atoms with Crippen molar-refractivity contribution in [2.75, 3.05) is 6.54 Å². The third-order valence-corrected chi connectivity index (χ3v) is 5.04. The molecule has 1 aliphatic heterocycles. The summed E-state index contributed by atoms with van der Waals surface area (Å²) < 4.78 is 15.4. The molecule has 3 rings (SSSR count). The Morgan fingerprint density at radius 2 is 2.00 bits per heavy atom. The molecule has 5 nitrogen and oxygen atoms in total. The Bertz CT molecular complexity index is 1060. The van der Waals surface area contributed by atoms with Gasteiger partial charge in [-0.1, -0.05) is 17.7 Å². The van der Waals surface area contributed by atoms with E-state index in [-0.39, 0.29) is 22.3 Å². The van der Waals surface area contributed by atoms with Crippen LogP contribution in [0.4, 0.5) is 4.39 Å². The van der Waals surface area contributed by atoms with Crippen LogP contribution in [0.3, 0.4) is 0 Å². The van der Waals surface area contributed by atoms with Gasteiger partial charge in [0, 0.05) is 23.6 Å². The first-order valence-electron chi connectivity index (χ1n) is 8.38. The molecule has 8 heteroatoms. The summed E-state index contributed by atoms with van der Waals surface area (Å²) in [6.45, 7) is 7.51. The van der Waals surface area contributed by atoms with Crippen molar-refractivity contribution in [1.82, 2.24) is 14.8 Å². The van der Waals surface area contributed by atoms with Gasteiger partial charge in [-0.25, -0.2) is 4.39 Å². The molecule has 0 aliphatic carbocycles. The second kappa shape index (κ2) is 7.69. The molecular formula is C20H17ClFN3O2S. The number of hydrogen-bond acceptors (Lipinski definition) is 3. The lowest BCUT2D eigenvalue weighted by atomic mass is 10.1. The molecule has 0 bridgehead atoms. The second-order valence-electron chi connectivity index (χ2n) is 6.28. The fourth-order valence-electron chi connectivity index (χ4n) is 3.10. The van der Waals surface area contributed by atoms with Crippen LogP contribution in [0.25, 0.3) is 11.8 Å². The third kappa shape index (κ3) is 3.50. The Morgan fingerprint density at radius 1 is 1.29 bits per heavy atom. The Morgan fingerprint density at radius 3 is 2.64 bits per heavy atom. The van der Waals surface area contributed by atoms with Gasteiger partial charge in [-0.05, 0) is 62.0 Å². The lowest BCUT2D eigenvalue weighted by Gasteiger charge is -2.27. The number of halogens is 2. The molecule has 0 saturated carbocycles. The largest absolute Gasteiger partial charge is 0.318 e. The molecule has 1 aromatic heterocycles. The highest BCUT2D eigenvalue weighted by atomic mass is 35.5. The van der Waals surface area contributed by atoms with E-state index in [2.05, 4.69) is 11.9 Å². The molecule has 1 saturated heterocycles. The minimum atomic E-state index is -0.551. The number of amides is 2. The van der Waals surface area contributed by atoms with Crippen LogP contribution >= 0.6 is 23.8 Å². The Kier molecular flexibility index (Phi) is 5.49. The first kappa shape index (κ1) is 20.0. The van der Waals surface area contributed by atoms with Gasteiger partial charge in [-0.15, -0.1) is 6.58 Å². The SMILES string of the molecule is C=CCN1C(=O)C(=Cc2cc(C)n(-c3ccc(F)c(Cl)c3)c2C)C(=O)NC1=S. The van der Waals surface area contributed by atoms with Gasteiger partial charge in [0.2, 0.25) is 0 Å². The van der Waals surface area contributed by atoms with Gasteiger partial charge in [-0.3, -0.25) is 19.8 Å². The summed E-state index contributed by atoms with van der Waals surface area (Å²) in [4.78, 5) is 26.3. The van der Waals surface area contributed by atoms with Crippen LogP contribution in [0.2, 0.25) is 5.02 Å². The summed E-state index contributed by atoms with van der Waals surface area (Å²) >= 11 is 11.0. The monoisotopic (exact) mass is 417 g/mol. The zero-order valence-corrected chi connectivity index (χ0v) is 16.8. The number of carbonyl (C=O) groups is 2. The fourth-order valence-corrected chi connectivity index (χ4v) is 3.52. The zero-order chi connectivity index (χ0) is 20.6. The van der Waals surface area contributed by atoms with Gasteiger partial charge in [-0.2, -0.15) is 0 Å². The first-order valence-corrected chi connectivity index (χ1v) is 9.17. The molecule has 0 radical (unpaired) electrons. The number of carbonyl (C=O) groups excluding carboxylic acids is 2. The van der Waals surface area contributed by atoms with Crippen LogP contribution in [-0.2, 0) is 9.59 Å². The molecule has 2 heterocycles. The number of aryl methyl sites for hydroxylation is 1. The predicted octanol–water partition coefficient (Wildman–Crippen LogP) is 3.70. The molecule has 0 spiro atoms. The molecule has 2 aromatic rings. The van der Waals surface area contributed by atoms with Crippen LogP contribution < -0.4 is 5.32 Å². The fraction of sp³-hybridized carbons (Fsp3) is 0.150. The first-order chi connectivity index (χ1) is 13.2. The summed E-state index contributed by atoms with van der Waals surface area (Å²) in [5.74, 6) is -1.54. The van der Waals surface area contributed by atoms with Gasteiger partial charge >= 0.3 is 0 Å². The summed E-state index contributed by atoms with van der Waals surface area (Å²) in [5, 5.41) is 2.59. The topological polar surface area (TPSA) is 54.3 Å². The molecule has 1 fully saturated rings. The Balaban J connectivity index is 2.06. The summed E-state index contributed by atoms with van der Waals surface area (Å²) in [6, 6.07) is 6.27. The number of aromatic nitrogens is 1. The van der Waals surface area contributed by atoms with E-state index in [4.69, 9.17) is 23.8 Å². The normalized spacial score (nSPS) is 15.9. The van der Waals surface area contributed by atoms with Crippen LogP contribution in [0.5, 0.6) is 0 Å². The number of rotatable bonds is 4. The minimum absolute atomic E-state index is 0.0142. The minimum Gasteiger partial charge on any atom is -0.318 e. The van der Waals surface area contributed by atoms with Crippen LogP contribution in [-0.4, -0.2) is 32.9 Å². The highest BCUT2D eigenvalue weighted by Crippen LogP contribution is 2.26. The molecule has 28 heavy (non-hydrogen) atoms. The molecule has 2 amide bonds. The third-order valence-electron chi connectivity index (χ3n) is 4.43. The van der Waals surface area contributed by atoms with Gasteiger partial charge in [0.05, 0.1) is 5.02 Å². The number of thiocarbonyl (C=S) groups is 1. The smallest absolute Gasteiger partial charge is 0.265 e. The lowest BCUT2D eigenvalue weighted by Crippen LogP contribution is -2.53. The van der Waals surface area contributed by atoms with Crippen molar-refractivity contribution in [1.29, 1.82) is 0 Å². The highest BCUT2D eigenvalue weighted by Gasteiger charge is 2.32. The van der Waals surface area contributed by atoms with Crippen molar-refractivity contribution >= 4 is 46.8 Å². The molecule has 1 aromatic carbocycles. The lowest BCUT2D eigenvalue weighted by molar-refractivity contribution is -0.128. The second-order valence-corrected chi connectivity index (χ2v) is 7.08. The predicted molar refractivity (Wildman–Crippen MR) is 111 cm³/mol. The summed E-state index contributed by atoms with van der Waals surface area (Å²) in [6.07, 6.45) is 3.06. The van der Waals surface area contributed by atoms with E-state index >= 15 is 0 Å². The average Bonchev–Trinajstić information content (AvgIpc) is 2.91. The Labute approximate surface area is 172 Å². The van der Waals surface area contributed by atoms with Crippen molar-refractivity contribution in [3.8, 4) is 5.69 Å². The molecule has 0 unspecified atom stereocenters. The van der Waals surface area contributed by atoms with Crippen molar-refractivity contribution in [2.45, 2.75) is 13.8 Å². The van der Waals surface area contributed by atoms with E-state index < -0.39 is 17.6 Å². The zero-order valence-electron chi connectivity index (χ0n) is 15.3. The van der Waals surface area contributed by atoms with Gasteiger partial charge < -0.3 is 4.57 Å². The average molecular weight is 418 g/mol. The highest BCUT2D eigenvalue weighted by molar-refractivity contribution is 7.80. The number of nitrogens with one attached hydrogen (secondary N) is 1. The van der Waals surface area contributed by atoms with E-state index in [1.54, 1.807) is 6.07 Å². The van der Waals surface area contributed by atoms with E-state index in [9.17, 15) is 14.0 Å². The van der Waals surface area contributed by atoms with Crippen LogP contribution in [0.1, 0.15) is 17.0 Å². The quantitative estimate of drug-likeness (QED) is 0.357. The molecular weight excluding hydrogens is 401 g/mol. The maximum absolute atomic E-state index is 13.5. The van der Waals surface area contributed by atoms with Gasteiger partial charge in [0.1, 0.15) is 11.4 Å². The van der Waals surface area contributed by atoms with E-state index in [1.165, 1.54) is 29.2 Å². The maximum Gasteiger partial charge on any atom is 0.265 e. The van der Waals surface area contributed by atoms with Crippen LogP contribution in [0.15, 0.2) is 42.5 Å². The summed E-state index contributed by atoms with van der Waals surface area (Å²) in [7, 11) is 0. The van der Waals surface area contributed by atoms with Crippen molar-refractivity contribution in [2.24, 2.45) is 0 Å². The maximum atomic E-state index is 13.5. The van der Waals surface area contributed by atoms with E-state index in [0.29, 0.717) is 11.3 Å². The molecule has 1 N–H and O–H groups in total. The standard InChI is InChI=1S/C20H17ClFN3O2S/c1-4-7-24-19(27)15(18(26)23-20(24)28)9-13-8-11(2)25(12(13)3)14-5-6-17(22)16(21)10-14/h4-6,8-10H,1,7H2,2-3H3,(H,23,26,28). The van der Waals surface area contributed by atoms with E-state index in [1.807, 2.05) is 24.5 Å². The van der Waals surface area contributed by atoms with Gasteiger partial charge in [0.15, 0.2) is 5.11 Å². The molecule has 0 atom stereocenters. The Hall–Kier alpha value is -2.77. The molecule has 144 valence electrons. The molecule has 1 aliphatic rings. The van der Waals surface area contributed by atoms with E-state index in [0.717, 1.165) is 11.4 Å². The van der Waals surface area contributed by atoms with Gasteiger partial charge in [0.25, 0.3) is 11.8 Å². The number of hydrogen-bond donors (Lipinski definition) is 1. The number of nitrogens with zero attached hydrogens (tertiary/aromatic N) is 2. The number of benzene rings is 1. The summed E-state index contributed by atoms with van der Waals surface area (Å²) in [5.41, 5.74) is 2.96. The van der Waals surface area contributed by atoms with Crippen molar-refractivity contribution in [3.05, 3.63) is 70.3 Å². The van der Waals surface area contributed by atoms with Crippen LogP contribution in [0, 0.1) is 19.7 Å².